The van der Waals surface area contributed by atoms with Crippen molar-refractivity contribution in [2.75, 3.05) is 19.6 Å². The van der Waals surface area contributed by atoms with E-state index >= 15 is 0 Å². The lowest BCUT2D eigenvalue weighted by molar-refractivity contribution is 0.0955. The molecular formula is C20H24Cl2N4O. The van der Waals surface area contributed by atoms with Crippen LogP contribution in [0.25, 0.3) is 22.2 Å². The van der Waals surface area contributed by atoms with Crippen LogP contribution in [0.1, 0.15) is 23.7 Å². The average molecular weight is 407 g/mol. The predicted molar refractivity (Wildman–Crippen MR) is 115 cm³/mol. The zero-order chi connectivity index (χ0) is 17.5. The van der Waals surface area contributed by atoms with Gasteiger partial charge in [0.05, 0.1) is 16.8 Å². The van der Waals surface area contributed by atoms with Crippen molar-refractivity contribution in [3.8, 4) is 11.3 Å². The molecule has 0 radical (unpaired) electrons. The van der Waals surface area contributed by atoms with E-state index in [2.05, 4.69) is 27.5 Å². The SMILES string of the molecule is CCCNCCNC(=O)c1cc(-c2ccncc2)nc2ccccc12.Cl.Cl. The summed E-state index contributed by atoms with van der Waals surface area (Å²) in [5, 5.41) is 7.13. The van der Waals surface area contributed by atoms with Crippen LogP contribution < -0.4 is 10.6 Å². The third-order valence-corrected chi connectivity index (χ3v) is 3.95. The van der Waals surface area contributed by atoms with Gasteiger partial charge in [-0.2, -0.15) is 0 Å². The molecule has 0 unspecified atom stereocenters. The molecule has 0 bridgehead atoms. The summed E-state index contributed by atoms with van der Waals surface area (Å²) in [5.41, 5.74) is 3.17. The minimum absolute atomic E-state index is 0. The van der Waals surface area contributed by atoms with E-state index in [1.165, 1.54) is 0 Å². The molecule has 1 amide bonds. The van der Waals surface area contributed by atoms with Gasteiger partial charge in [-0.1, -0.05) is 25.1 Å². The van der Waals surface area contributed by atoms with Crippen LogP contribution in [-0.2, 0) is 0 Å². The van der Waals surface area contributed by atoms with E-state index in [1.54, 1.807) is 12.4 Å². The normalized spacial score (nSPS) is 9.96. The number of amides is 1. The number of carbonyl (C=O) groups is 1. The van der Waals surface area contributed by atoms with Crippen LogP contribution in [0, 0.1) is 0 Å². The van der Waals surface area contributed by atoms with Gasteiger partial charge >= 0.3 is 0 Å². The van der Waals surface area contributed by atoms with Crippen molar-refractivity contribution in [1.29, 1.82) is 0 Å². The first-order chi connectivity index (χ1) is 12.3. The van der Waals surface area contributed by atoms with Gasteiger partial charge in [-0.3, -0.25) is 9.78 Å². The first-order valence-corrected chi connectivity index (χ1v) is 8.58. The van der Waals surface area contributed by atoms with Crippen molar-refractivity contribution in [2.24, 2.45) is 0 Å². The Morgan fingerprint density at radius 1 is 1.00 bits per heavy atom. The molecule has 0 atom stereocenters. The summed E-state index contributed by atoms with van der Waals surface area (Å²) in [6, 6.07) is 13.4. The van der Waals surface area contributed by atoms with Crippen LogP contribution in [-0.4, -0.2) is 35.5 Å². The molecule has 3 rings (SSSR count). The van der Waals surface area contributed by atoms with Crippen LogP contribution in [0.3, 0.4) is 0 Å². The summed E-state index contributed by atoms with van der Waals surface area (Å²) in [4.78, 5) is 21.4. The number of carbonyl (C=O) groups excluding carboxylic acids is 1. The van der Waals surface area contributed by atoms with E-state index in [0.717, 1.165) is 41.7 Å². The Hall–Kier alpha value is -2.21. The summed E-state index contributed by atoms with van der Waals surface area (Å²) < 4.78 is 0. The van der Waals surface area contributed by atoms with Crippen molar-refractivity contribution in [2.45, 2.75) is 13.3 Å². The van der Waals surface area contributed by atoms with Crippen LogP contribution in [0.15, 0.2) is 54.9 Å². The fourth-order valence-electron chi connectivity index (χ4n) is 2.70. The van der Waals surface area contributed by atoms with E-state index in [4.69, 9.17) is 0 Å². The lowest BCUT2D eigenvalue weighted by Gasteiger charge is -2.11. The first kappa shape index (κ1) is 22.8. The molecule has 0 saturated carbocycles. The molecule has 0 fully saturated rings. The van der Waals surface area contributed by atoms with E-state index < -0.39 is 0 Å². The highest BCUT2D eigenvalue weighted by atomic mass is 35.5. The van der Waals surface area contributed by atoms with Gasteiger partial charge in [0.25, 0.3) is 5.91 Å². The Morgan fingerprint density at radius 3 is 2.48 bits per heavy atom. The van der Waals surface area contributed by atoms with Gasteiger partial charge in [-0.15, -0.1) is 24.8 Å². The summed E-state index contributed by atoms with van der Waals surface area (Å²) in [5.74, 6) is -0.0767. The molecule has 2 aromatic heterocycles. The highest BCUT2D eigenvalue weighted by Crippen LogP contribution is 2.24. The highest BCUT2D eigenvalue weighted by molar-refractivity contribution is 6.07. The number of fused-ring (bicyclic) bond motifs is 1. The molecule has 0 aliphatic rings. The van der Waals surface area contributed by atoms with Gasteiger partial charge in [0.15, 0.2) is 0 Å². The second-order valence-corrected chi connectivity index (χ2v) is 5.81. The molecule has 0 saturated heterocycles. The summed E-state index contributed by atoms with van der Waals surface area (Å²) >= 11 is 0. The molecule has 2 N–H and O–H groups in total. The average Bonchev–Trinajstić information content (AvgIpc) is 2.67. The van der Waals surface area contributed by atoms with Crippen LogP contribution in [0.5, 0.6) is 0 Å². The smallest absolute Gasteiger partial charge is 0.252 e. The number of aromatic nitrogens is 2. The fraction of sp³-hybridized carbons (Fsp3) is 0.250. The molecule has 0 aliphatic heterocycles. The van der Waals surface area contributed by atoms with E-state index in [9.17, 15) is 4.79 Å². The van der Waals surface area contributed by atoms with Crippen molar-refractivity contribution in [3.63, 3.8) is 0 Å². The standard InChI is InChI=1S/C20H22N4O.2ClH/c1-2-9-21-12-13-23-20(25)17-14-19(15-7-10-22-11-8-15)24-18-6-4-3-5-16(17)18;;/h3-8,10-11,14,21H,2,9,12-13H2,1H3,(H,23,25);2*1H. The number of halogens is 2. The Bertz CT molecular complexity index is 859. The summed E-state index contributed by atoms with van der Waals surface area (Å²) in [6.45, 7) is 4.44. The second-order valence-electron chi connectivity index (χ2n) is 5.81. The topological polar surface area (TPSA) is 66.9 Å². The zero-order valence-electron chi connectivity index (χ0n) is 15.1. The van der Waals surface area contributed by atoms with Gasteiger partial charge in [0.2, 0.25) is 0 Å². The van der Waals surface area contributed by atoms with Gasteiger partial charge in [-0.05, 0) is 37.2 Å². The number of benzene rings is 1. The Balaban J connectivity index is 0.00000182. The Morgan fingerprint density at radius 2 is 1.74 bits per heavy atom. The van der Waals surface area contributed by atoms with E-state index in [-0.39, 0.29) is 30.7 Å². The maximum absolute atomic E-state index is 12.7. The fourth-order valence-corrected chi connectivity index (χ4v) is 2.70. The Kier molecular flexibility index (Phi) is 9.72. The number of hydrogen-bond acceptors (Lipinski definition) is 4. The quantitative estimate of drug-likeness (QED) is 0.584. The first-order valence-electron chi connectivity index (χ1n) is 8.58. The third kappa shape index (κ3) is 5.89. The minimum atomic E-state index is -0.0767. The van der Waals surface area contributed by atoms with Gasteiger partial charge in [-0.25, -0.2) is 4.98 Å². The van der Waals surface area contributed by atoms with Gasteiger partial charge in [0, 0.05) is 36.4 Å². The third-order valence-electron chi connectivity index (χ3n) is 3.95. The minimum Gasteiger partial charge on any atom is -0.351 e. The predicted octanol–water partition coefficient (Wildman–Crippen LogP) is 3.87. The molecule has 1 aromatic carbocycles. The molecule has 5 nitrogen and oxygen atoms in total. The number of para-hydroxylation sites is 1. The molecule has 3 aromatic rings. The second kappa shape index (κ2) is 11.5. The largest absolute Gasteiger partial charge is 0.351 e. The van der Waals surface area contributed by atoms with Gasteiger partial charge < -0.3 is 10.6 Å². The lowest BCUT2D eigenvalue weighted by Crippen LogP contribution is -2.32. The lowest BCUT2D eigenvalue weighted by atomic mass is 10.0. The van der Waals surface area contributed by atoms with Crippen LogP contribution in [0.2, 0.25) is 0 Å². The highest BCUT2D eigenvalue weighted by Gasteiger charge is 2.13. The number of nitrogens with one attached hydrogen (secondary N) is 2. The van der Waals surface area contributed by atoms with Gasteiger partial charge in [0.1, 0.15) is 0 Å². The summed E-state index contributed by atoms with van der Waals surface area (Å²) in [7, 11) is 0. The summed E-state index contributed by atoms with van der Waals surface area (Å²) in [6.07, 6.45) is 4.54. The van der Waals surface area contributed by atoms with Crippen LogP contribution in [0.4, 0.5) is 0 Å². The molecule has 27 heavy (non-hydrogen) atoms. The maximum atomic E-state index is 12.7. The number of hydrogen-bond donors (Lipinski definition) is 2. The monoisotopic (exact) mass is 406 g/mol. The van der Waals surface area contributed by atoms with Crippen molar-refractivity contribution >= 4 is 41.6 Å². The molecule has 0 spiro atoms. The number of nitrogens with zero attached hydrogens (tertiary/aromatic N) is 2. The molecule has 7 heteroatoms. The zero-order valence-corrected chi connectivity index (χ0v) is 16.8. The molecule has 0 aliphatic carbocycles. The van der Waals surface area contributed by atoms with Crippen molar-refractivity contribution in [1.82, 2.24) is 20.6 Å². The van der Waals surface area contributed by atoms with E-state index in [1.807, 2.05) is 42.5 Å². The maximum Gasteiger partial charge on any atom is 0.252 e. The molecular weight excluding hydrogens is 383 g/mol. The number of pyridine rings is 2. The van der Waals surface area contributed by atoms with Crippen molar-refractivity contribution in [3.05, 3.63) is 60.4 Å². The van der Waals surface area contributed by atoms with Crippen LogP contribution >= 0.6 is 24.8 Å². The molecule has 2 heterocycles. The van der Waals surface area contributed by atoms with E-state index in [0.29, 0.717) is 12.1 Å². The Labute approximate surface area is 171 Å². The molecule has 144 valence electrons. The van der Waals surface area contributed by atoms with Crippen molar-refractivity contribution < 1.29 is 4.79 Å². The number of rotatable bonds is 7.